The Balaban J connectivity index is 1.56. The molecule has 0 N–H and O–H groups in total. The second-order valence-electron chi connectivity index (χ2n) is 8.62. The first-order chi connectivity index (χ1) is 17.5. The number of ketones is 1. The lowest BCUT2D eigenvalue weighted by Crippen LogP contribution is -2.35. The van der Waals surface area contributed by atoms with Crippen molar-refractivity contribution in [3.63, 3.8) is 0 Å². The molecule has 180 valence electrons. The van der Waals surface area contributed by atoms with Gasteiger partial charge in [0.05, 0.1) is 16.3 Å². The summed E-state index contributed by atoms with van der Waals surface area (Å²) in [5.41, 5.74) is 2.45. The quantitative estimate of drug-likeness (QED) is 0.357. The van der Waals surface area contributed by atoms with E-state index in [4.69, 9.17) is 0 Å². The van der Waals surface area contributed by atoms with E-state index in [0.717, 1.165) is 30.5 Å². The van der Waals surface area contributed by atoms with Gasteiger partial charge in [0.25, 0.3) is 0 Å². The monoisotopic (exact) mass is 496 g/mol. The SMILES string of the molecule is N#Cc1c(C(=O)c2ccc(S(=O)(=O)N3CCCCC3)cc2)nn(-c2ccccc2)c1-c1ccccc1. The van der Waals surface area contributed by atoms with Gasteiger partial charge in [-0.3, -0.25) is 4.79 Å². The van der Waals surface area contributed by atoms with Gasteiger partial charge in [0.2, 0.25) is 15.8 Å². The number of carbonyl (C=O) groups is 1. The maximum Gasteiger partial charge on any atom is 0.243 e. The second kappa shape index (κ2) is 9.90. The van der Waals surface area contributed by atoms with Crippen molar-refractivity contribution in [1.29, 1.82) is 5.26 Å². The van der Waals surface area contributed by atoms with Gasteiger partial charge in [-0.1, -0.05) is 55.0 Å². The van der Waals surface area contributed by atoms with Crippen LogP contribution in [0.2, 0.25) is 0 Å². The molecule has 0 aliphatic carbocycles. The third-order valence-corrected chi connectivity index (χ3v) is 8.24. The number of carbonyl (C=O) groups excluding carboxylic acids is 1. The third kappa shape index (κ3) is 4.35. The molecule has 2 heterocycles. The zero-order valence-electron chi connectivity index (χ0n) is 19.5. The molecule has 8 heteroatoms. The van der Waals surface area contributed by atoms with Gasteiger partial charge in [-0.25, -0.2) is 13.1 Å². The third-order valence-electron chi connectivity index (χ3n) is 6.33. The van der Waals surface area contributed by atoms with E-state index in [0.29, 0.717) is 18.8 Å². The molecule has 36 heavy (non-hydrogen) atoms. The van der Waals surface area contributed by atoms with Crippen LogP contribution in [0.5, 0.6) is 0 Å². The second-order valence-corrected chi connectivity index (χ2v) is 10.6. The fraction of sp³-hybridized carbons (Fsp3) is 0.179. The van der Waals surface area contributed by atoms with Crippen LogP contribution in [0, 0.1) is 11.3 Å². The molecular formula is C28H24N4O3S. The summed E-state index contributed by atoms with van der Waals surface area (Å²) in [6, 6.07) is 26.7. The number of piperidine rings is 1. The van der Waals surface area contributed by atoms with Gasteiger partial charge in [0, 0.05) is 24.2 Å². The van der Waals surface area contributed by atoms with Gasteiger partial charge in [0.15, 0.2) is 5.69 Å². The average molecular weight is 497 g/mol. The molecule has 1 aliphatic rings. The van der Waals surface area contributed by atoms with Crippen LogP contribution < -0.4 is 0 Å². The molecule has 0 spiro atoms. The molecule has 1 saturated heterocycles. The molecular weight excluding hydrogens is 472 g/mol. The van der Waals surface area contributed by atoms with Gasteiger partial charge in [-0.2, -0.15) is 14.7 Å². The number of benzene rings is 3. The van der Waals surface area contributed by atoms with Crippen molar-refractivity contribution in [3.8, 4) is 23.0 Å². The maximum absolute atomic E-state index is 13.5. The summed E-state index contributed by atoms with van der Waals surface area (Å²) in [6.45, 7) is 1.02. The molecule has 0 radical (unpaired) electrons. The van der Waals surface area contributed by atoms with Crippen LogP contribution in [0.15, 0.2) is 89.8 Å². The predicted octanol–water partition coefficient (Wildman–Crippen LogP) is 4.82. The van der Waals surface area contributed by atoms with E-state index in [1.54, 1.807) is 4.68 Å². The number of nitrogens with zero attached hydrogens (tertiary/aromatic N) is 4. The zero-order chi connectivity index (χ0) is 25.1. The molecule has 5 rings (SSSR count). The molecule has 0 saturated carbocycles. The molecule has 0 amide bonds. The van der Waals surface area contributed by atoms with Crippen molar-refractivity contribution in [1.82, 2.24) is 14.1 Å². The highest BCUT2D eigenvalue weighted by atomic mass is 32.2. The van der Waals surface area contributed by atoms with E-state index in [9.17, 15) is 18.5 Å². The van der Waals surface area contributed by atoms with Crippen molar-refractivity contribution in [3.05, 3.63) is 102 Å². The lowest BCUT2D eigenvalue weighted by atomic mass is 10.0. The van der Waals surface area contributed by atoms with E-state index in [-0.39, 0.29) is 21.7 Å². The highest BCUT2D eigenvalue weighted by molar-refractivity contribution is 7.89. The van der Waals surface area contributed by atoms with Crippen LogP contribution >= 0.6 is 0 Å². The Kier molecular flexibility index (Phi) is 6.51. The van der Waals surface area contributed by atoms with Crippen molar-refractivity contribution in [2.24, 2.45) is 0 Å². The Hall–Kier alpha value is -4.06. The van der Waals surface area contributed by atoms with Crippen LogP contribution in [-0.4, -0.2) is 41.4 Å². The summed E-state index contributed by atoms with van der Waals surface area (Å²) in [5, 5.41) is 14.6. The lowest BCUT2D eigenvalue weighted by Gasteiger charge is -2.25. The van der Waals surface area contributed by atoms with Gasteiger partial charge in [-0.05, 0) is 49.2 Å². The molecule has 1 aromatic heterocycles. The normalized spacial score (nSPS) is 14.3. The molecule has 7 nitrogen and oxygen atoms in total. The van der Waals surface area contributed by atoms with E-state index in [2.05, 4.69) is 11.2 Å². The van der Waals surface area contributed by atoms with Gasteiger partial charge in [-0.15, -0.1) is 0 Å². The summed E-state index contributed by atoms with van der Waals surface area (Å²) in [4.78, 5) is 13.7. The minimum Gasteiger partial charge on any atom is -0.287 e. The number of hydrogen-bond acceptors (Lipinski definition) is 5. The summed E-state index contributed by atoms with van der Waals surface area (Å²) in [6.07, 6.45) is 2.72. The number of sulfonamides is 1. The van der Waals surface area contributed by atoms with Crippen molar-refractivity contribution in [2.45, 2.75) is 24.2 Å². The standard InChI is InChI=1S/C28H24N4O3S/c29-20-25-26(30-32(23-12-6-2-7-13-23)27(25)21-10-4-1-5-11-21)28(33)22-14-16-24(17-15-22)36(34,35)31-18-8-3-9-19-31/h1-2,4-7,10-17H,3,8-9,18-19H2. The Labute approximate surface area is 210 Å². The van der Waals surface area contributed by atoms with Crippen molar-refractivity contribution >= 4 is 15.8 Å². The smallest absolute Gasteiger partial charge is 0.243 e. The van der Waals surface area contributed by atoms with Crippen molar-refractivity contribution < 1.29 is 13.2 Å². The van der Waals surface area contributed by atoms with E-state index >= 15 is 0 Å². The fourth-order valence-electron chi connectivity index (χ4n) is 4.47. The molecule has 4 aromatic rings. The maximum atomic E-state index is 13.5. The first-order valence-electron chi connectivity index (χ1n) is 11.8. The van der Waals surface area contributed by atoms with E-state index in [1.165, 1.54) is 28.6 Å². The Morgan fingerprint density at radius 3 is 2.06 bits per heavy atom. The first kappa shape index (κ1) is 23.7. The number of aromatic nitrogens is 2. The summed E-state index contributed by atoms with van der Waals surface area (Å²) < 4.78 is 29.1. The van der Waals surface area contributed by atoms with Gasteiger partial charge in [0.1, 0.15) is 11.6 Å². The van der Waals surface area contributed by atoms with Crippen LogP contribution in [0.1, 0.15) is 40.9 Å². The van der Waals surface area contributed by atoms with Crippen molar-refractivity contribution in [2.75, 3.05) is 13.1 Å². The van der Waals surface area contributed by atoms with Crippen LogP contribution in [0.3, 0.4) is 0 Å². The van der Waals surface area contributed by atoms with Crippen LogP contribution in [-0.2, 0) is 10.0 Å². The Bertz CT molecular complexity index is 1530. The topological polar surface area (TPSA) is 96.1 Å². The first-order valence-corrected chi connectivity index (χ1v) is 13.2. The predicted molar refractivity (Wildman–Crippen MR) is 136 cm³/mol. The van der Waals surface area contributed by atoms with Gasteiger partial charge < -0.3 is 0 Å². The zero-order valence-corrected chi connectivity index (χ0v) is 20.4. The molecule has 1 fully saturated rings. The molecule has 0 atom stereocenters. The average Bonchev–Trinajstić information content (AvgIpc) is 3.34. The fourth-order valence-corrected chi connectivity index (χ4v) is 5.99. The van der Waals surface area contributed by atoms with Crippen LogP contribution in [0.4, 0.5) is 0 Å². The lowest BCUT2D eigenvalue weighted by molar-refractivity contribution is 0.103. The van der Waals surface area contributed by atoms with Gasteiger partial charge >= 0.3 is 0 Å². The van der Waals surface area contributed by atoms with Crippen LogP contribution in [0.25, 0.3) is 16.9 Å². The number of rotatable bonds is 6. The number of para-hydroxylation sites is 1. The Morgan fingerprint density at radius 1 is 0.833 bits per heavy atom. The Morgan fingerprint density at radius 2 is 1.44 bits per heavy atom. The molecule has 0 bridgehead atoms. The summed E-state index contributed by atoms with van der Waals surface area (Å²) >= 11 is 0. The highest BCUT2D eigenvalue weighted by Crippen LogP contribution is 2.30. The minimum atomic E-state index is -3.61. The summed E-state index contributed by atoms with van der Waals surface area (Å²) in [5.74, 6) is -0.444. The number of nitriles is 1. The minimum absolute atomic E-state index is 0.0202. The molecule has 3 aromatic carbocycles. The number of hydrogen-bond donors (Lipinski definition) is 0. The largest absolute Gasteiger partial charge is 0.287 e. The summed E-state index contributed by atoms with van der Waals surface area (Å²) in [7, 11) is -3.61. The molecule has 1 aliphatic heterocycles. The van der Waals surface area contributed by atoms with E-state index < -0.39 is 15.8 Å². The highest BCUT2D eigenvalue weighted by Gasteiger charge is 2.28. The van der Waals surface area contributed by atoms with E-state index in [1.807, 2.05) is 60.7 Å². The molecule has 0 unspecified atom stereocenters.